The van der Waals surface area contributed by atoms with E-state index in [1.165, 1.54) is 11.3 Å². The Morgan fingerprint density at radius 1 is 1.18 bits per heavy atom. The number of piperazine rings is 1. The highest BCUT2D eigenvalue weighted by Gasteiger charge is 2.26. The van der Waals surface area contributed by atoms with Crippen molar-refractivity contribution >= 4 is 54.4 Å². The first kappa shape index (κ1) is 24.1. The van der Waals surface area contributed by atoms with Crippen molar-refractivity contribution in [3.8, 4) is 5.75 Å². The molecule has 33 heavy (non-hydrogen) atoms. The van der Waals surface area contributed by atoms with Crippen LogP contribution >= 0.6 is 22.9 Å². The molecule has 1 aliphatic heterocycles. The van der Waals surface area contributed by atoms with Crippen LogP contribution in [0, 0.1) is 6.92 Å². The first-order chi connectivity index (χ1) is 15.7. The molecule has 0 aliphatic carbocycles. The summed E-state index contributed by atoms with van der Waals surface area (Å²) in [7, 11) is -0.165. The predicted molar refractivity (Wildman–Crippen MR) is 136 cm³/mol. The number of nitrogens with zero attached hydrogens (tertiary/aromatic N) is 2. The van der Waals surface area contributed by atoms with E-state index in [4.69, 9.17) is 16.3 Å². The summed E-state index contributed by atoms with van der Waals surface area (Å²) in [6.45, 7) is 5.13. The molecular formula is C23H28ClN3O4S2. The Morgan fingerprint density at radius 3 is 2.58 bits per heavy atom. The van der Waals surface area contributed by atoms with E-state index in [1.54, 1.807) is 31.4 Å². The molecule has 0 unspecified atom stereocenters. The van der Waals surface area contributed by atoms with Gasteiger partial charge in [-0.15, -0.1) is 11.3 Å². The maximum absolute atomic E-state index is 13.4. The Balaban J connectivity index is 1.75. The number of halogens is 1. The van der Waals surface area contributed by atoms with E-state index in [-0.39, 0.29) is 10.8 Å². The van der Waals surface area contributed by atoms with Crippen LogP contribution in [0.3, 0.4) is 0 Å². The Labute approximate surface area is 203 Å². The van der Waals surface area contributed by atoms with Gasteiger partial charge in [-0.1, -0.05) is 11.6 Å². The van der Waals surface area contributed by atoms with Gasteiger partial charge < -0.3 is 19.6 Å². The molecule has 0 saturated carbocycles. The number of fused-ring (bicyclic) bond motifs is 1. The van der Waals surface area contributed by atoms with Crippen molar-refractivity contribution in [3.63, 3.8) is 0 Å². The maximum atomic E-state index is 13.4. The van der Waals surface area contributed by atoms with E-state index in [2.05, 4.69) is 21.6 Å². The Kier molecular flexibility index (Phi) is 7.07. The number of aliphatic hydroxyl groups is 1. The van der Waals surface area contributed by atoms with E-state index < -0.39 is 10.0 Å². The van der Waals surface area contributed by atoms with Crippen molar-refractivity contribution in [3.05, 3.63) is 46.5 Å². The third-order valence-electron chi connectivity index (χ3n) is 6.04. The van der Waals surface area contributed by atoms with Crippen LogP contribution < -0.4 is 14.4 Å². The second-order valence-corrected chi connectivity index (χ2v) is 11.6. The van der Waals surface area contributed by atoms with Crippen LogP contribution in [0.2, 0.25) is 5.02 Å². The van der Waals surface area contributed by atoms with E-state index >= 15 is 0 Å². The number of thiophene rings is 1. The highest BCUT2D eigenvalue weighted by Crippen LogP contribution is 2.40. The zero-order valence-electron chi connectivity index (χ0n) is 18.9. The van der Waals surface area contributed by atoms with Gasteiger partial charge >= 0.3 is 0 Å². The second-order valence-electron chi connectivity index (χ2n) is 8.16. The van der Waals surface area contributed by atoms with Crippen molar-refractivity contribution in [2.45, 2.75) is 17.6 Å². The minimum Gasteiger partial charge on any atom is -0.495 e. The molecule has 1 aromatic heterocycles. The topological polar surface area (TPSA) is 82.1 Å². The number of hydrogen-bond acceptors (Lipinski definition) is 7. The van der Waals surface area contributed by atoms with Crippen LogP contribution in [0.25, 0.3) is 10.1 Å². The van der Waals surface area contributed by atoms with Gasteiger partial charge in [0.1, 0.15) is 9.96 Å². The lowest BCUT2D eigenvalue weighted by Gasteiger charge is -2.36. The van der Waals surface area contributed by atoms with E-state index in [1.807, 2.05) is 13.0 Å². The fourth-order valence-corrected chi connectivity index (χ4v) is 6.85. The van der Waals surface area contributed by atoms with Gasteiger partial charge in [0.05, 0.1) is 18.5 Å². The first-order valence-corrected chi connectivity index (χ1v) is 13.4. The number of rotatable bonds is 7. The van der Waals surface area contributed by atoms with E-state index in [0.717, 1.165) is 53.1 Å². The summed E-state index contributed by atoms with van der Waals surface area (Å²) in [4.78, 5) is 4.45. The van der Waals surface area contributed by atoms with Gasteiger partial charge in [-0.2, -0.15) is 0 Å². The first-order valence-electron chi connectivity index (χ1n) is 10.7. The molecule has 2 N–H and O–H groups in total. The summed E-state index contributed by atoms with van der Waals surface area (Å²) in [5, 5.41) is 11.2. The highest BCUT2D eigenvalue weighted by atomic mass is 35.5. The molecule has 2 heterocycles. The minimum absolute atomic E-state index is 0.108. The van der Waals surface area contributed by atoms with Crippen LogP contribution in [0.15, 0.2) is 34.5 Å². The molecule has 4 rings (SSSR count). The molecule has 1 fully saturated rings. The van der Waals surface area contributed by atoms with E-state index in [9.17, 15) is 13.5 Å². The van der Waals surface area contributed by atoms with Crippen LogP contribution in [0.4, 0.5) is 11.4 Å². The maximum Gasteiger partial charge on any atom is 0.271 e. The van der Waals surface area contributed by atoms with Crippen LogP contribution in [-0.2, 0) is 16.4 Å². The Bertz CT molecular complexity index is 1270. The van der Waals surface area contributed by atoms with Crippen molar-refractivity contribution in [1.82, 2.24) is 4.90 Å². The second kappa shape index (κ2) is 9.68. The summed E-state index contributed by atoms with van der Waals surface area (Å²) in [5.41, 5.74) is 2.87. The van der Waals surface area contributed by atoms with Gasteiger partial charge in [-0.05, 0) is 61.7 Å². The van der Waals surface area contributed by atoms with Crippen LogP contribution in [-0.4, -0.2) is 65.4 Å². The zero-order valence-corrected chi connectivity index (χ0v) is 21.3. The molecule has 1 saturated heterocycles. The molecule has 2 aromatic carbocycles. The molecule has 0 bridgehead atoms. The van der Waals surface area contributed by atoms with Gasteiger partial charge in [0.25, 0.3) is 10.0 Å². The van der Waals surface area contributed by atoms with Gasteiger partial charge in [-0.3, -0.25) is 4.72 Å². The molecule has 0 spiro atoms. The molecule has 7 nitrogen and oxygen atoms in total. The summed E-state index contributed by atoms with van der Waals surface area (Å²) >= 11 is 7.43. The Morgan fingerprint density at radius 2 is 1.91 bits per heavy atom. The number of ether oxygens (including phenoxy) is 1. The molecule has 10 heteroatoms. The normalized spacial score (nSPS) is 15.2. The largest absolute Gasteiger partial charge is 0.495 e. The number of aryl methyl sites for hydroxylation is 1. The number of aliphatic hydroxyl groups excluding tert-OH is 1. The molecule has 0 amide bonds. The summed E-state index contributed by atoms with van der Waals surface area (Å²) in [6.07, 6.45) is 0.303. The highest BCUT2D eigenvalue weighted by molar-refractivity contribution is 7.94. The van der Waals surface area contributed by atoms with Crippen LogP contribution in [0.1, 0.15) is 11.1 Å². The lowest BCUT2D eigenvalue weighted by atomic mass is 10.0. The van der Waals surface area contributed by atoms with Crippen molar-refractivity contribution in [2.75, 3.05) is 56.6 Å². The number of anilines is 2. The lowest BCUT2D eigenvalue weighted by Crippen LogP contribution is -2.45. The average molecular weight is 510 g/mol. The lowest BCUT2D eigenvalue weighted by molar-refractivity contribution is 0.298. The molecule has 3 aromatic rings. The molecule has 0 radical (unpaired) electrons. The average Bonchev–Trinajstić information content (AvgIpc) is 3.24. The molecular weight excluding hydrogens is 482 g/mol. The van der Waals surface area contributed by atoms with Crippen molar-refractivity contribution in [2.24, 2.45) is 0 Å². The summed E-state index contributed by atoms with van der Waals surface area (Å²) in [5.74, 6) is 0.665. The number of benzene rings is 2. The van der Waals surface area contributed by atoms with Gasteiger partial charge in [0.2, 0.25) is 0 Å². The fraction of sp³-hybridized carbons (Fsp3) is 0.391. The summed E-state index contributed by atoms with van der Waals surface area (Å²) < 4.78 is 36.2. The number of nitrogens with one attached hydrogen (secondary N) is 1. The quantitative estimate of drug-likeness (QED) is 0.501. The number of likely N-dealkylation sites (N-methyl/N-ethyl adjacent to an activating group) is 1. The fourth-order valence-electron chi connectivity index (χ4n) is 4.15. The molecule has 0 atom stereocenters. The standard InChI is InChI=1S/C23H28ClN3O4S2/c1-15-17-14-22(32-21(17)7-4-18(15)24)33(29,30)25-19-5-6-20(31-3)23(16(19)8-13-28)27-11-9-26(2)10-12-27/h4-7,14,25,28H,8-13H2,1-3H3. The van der Waals surface area contributed by atoms with Crippen LogP contribution in [0.5, 0.6) is 5.75 Å². The SMILES string of the molecule is COc1ccc(NS(=O)(=O)c2cc3c(C)c(Cl)ccc3s2)c(CCO)c1N1CCN(C)CC1. The monoisotopic (exact) mass is 509 g/mol. The smallest absolute Gasteiger partial charge is 0.271 e. The third kappa shape index (κ3) is 4.79. The van der Waals surface area contributed by atoms with Gasteiger partial charge in [0.15, 0.2) is 0 Å². The molecule has 1 aliphatic rings. The minimum atomic E-state index is -3.85. The van der Waals surface area contributed by atoms with E-state index in [0.29, 0.717) is 22.9 Å². The molecule has 178 valence electrons. The third-order valence-corrected chi connectivity index (χ3v) is 9.39. The summed E-state index contributed by atoms with van der Waals surface area (Å²) in [6, 6.07) is 8.77. The number of sulfonamides is 1. The zero-order chi connectivity index (χ0) is 23.8. The number of hydrogen-bond donors (Lipinski definition) is 2. The van der Waals surface area contributed by atoms with Gasteiger partial charge in [0, 0.05) is 48.1 Å². The predicted octanol–water partition coefficient (Wildman–Crippen LogP) is 3.96. The van der Waals surface area contributed by atoms with Crippen molar-refractivity contribution < 1.29 is 18.3 Å². The van der Waals surface area contributed by atoms with Gasteiger partial charge in [-0.25, -0.2) is 8.42 Å². The Hall–Kier alpha value is -2.04. The number of methoxy groups -OCH3 is 1. The van der Waals surface area contributed by atoms with Crippen molar-refractivity contribution in [1.29, 1.82) is 0 Å².